The van der Waals surface area contributed by atoms with Gasteiger partial charge in [-0.05, 0) is 6.92 Å². The summed E-state index contributed by atoms with van der Waals surface area (Å²) in [6, 6.07) is 0. The lowest BCUT2D eigenvalue weighted by Gasteiger charge is -1.99. The normalized spacial score (nSPS) is 14.9. The zero-order chi connectivity index (χ0) is 7.49. The molecule has 1 unspecified atom stereocenters. The summed E-state index contributed by atoms with van der Waals surface area (Å²) in [5, 5.41) is 9.44. The van der Waals surface area contributed by atoms with Crippen LogP contribution in [0.1, 0.15) is 6.92 Å². The molecule has 0 amide bonds. The molecule has 0 aromatic rings. The second-order valence-electron chi connectivity index (χ2n) is 1.85. The van der Waals surface area contributed by atoms with Crippen molar-refractivity contribution in [3.05, 3.63) is 12.0 Å². The first-order valence-electron chi connectivity index (χ1n) is 2.51. The van der Waals surface area contributed by atoms with Gasteiger partial charge in [-0.1, -0.05) is 6.58 Å². The van der Waals surface area contributed by atoms with Crippen LogP contribution in [-0.4, -0.2) is 25.4 Å². The van der Waals surface area contributed by atoms with Crippen LogP contribution >= 0.6 is 0 Å². The highest BCUT2D eigenvalue weighted by Gasteiger charge is 2.07. The Kier molecular flexibility index (Phi) is 2.87. The van der Waals surface area contributed by atoms with Gasteiger partial charge in [0.05, 0.1) is 11.9 Å². The van der Waals surface area contributed by atoms with E-state index in [1.54, 1.807) is 0 Å². The van der Waals surface area contributed by atoms with E-state index in [1.807, 2.05) is 0 Å². The first-order valence-corrected chi connectivity index (χ1v) is 4.23. The standard InChI is InChI=1S/C5H10O3S/c1-3-9(7,8)4-5(2)6/h3,5-6H,1,4H2,2H3. The molecule has 0 radical (unpaired) electrons. The predicted octanol–water partition coefficient (Wildman–Crippen LogP) is -0.0745. The van der Waals surface area contributed by atoms with E-state index in [0.717, 1.165) is 5.41 Å². The quantitative estimate of drug-likeness (QED) is 0.612. The van der Waals surface area contributed by atoms with Gasteiger partial charge >= 0.3 is 0 Å². The van der Waals surface area contributed by atoms with Crippen molar-refractivity contribution in [2.75, 3.05) is 5.75 Å². The Bertz CT molecular complexity index is 178. The largest absolute Gasteiger partial charge is 0.392 e. The first kappa shape index (κ1) is 8.65. The van der Waals surface area contributed by atoms with Crippen LogP contribution in [0.15, 0.2) is 12.0 Å². The second kappa shape index (κ2) is 2.98. The van der Waals surface area contributed by atoms with E-state index in [9.17, 15) is 8.42 Å². The van der Waals surface area contributed by atoms with Crippen molar-refractivity contribution in [3.63, 3.8) is 0 Å². The van der Waals surface area contributed by atoms with Crippen LogP contribution in [0.25, 0.3) is 0 Å². The number of aliphatic hydroxyl groups is 1. The molecule has 1 atom stereocenters. The summed E-state index contributed by atoms with van der Waals surface area (Å²) in [5.74, 6) is -0.240. The van der Waals surface area contributed by atoms with Crippen LogP contribution in [0.3, 0.4) is 0 Å². The van der Waals surface area contributed by atoms with Gasteiger partial charge in [0.2, 0.25) is 0 Å². The van der Waals surface area contributed by atoms with Crippen molar-refractivity contribution in [1.82, 2.24) is 0 Å². The zero-order valence-electron chi connectivity index (χ0n) is 5.24. The van der Waals surface area contributed by atoms with E-state index < -0.39 is 15.9 Å². The Morgan fingerprint density at radius 1 is 1.78 bits per heavy atom. The maximum atomic E-state index is 10.5. The predicted molar refractivity (Wildman–Crippen MR) is 35.7 cm³/mol. The monoisotopic (exact) mass is 150 g/mol. The number of rotatable bonds is 3. The maximum Gasteiger partial charge on any atom is 0.173 e. The molecule has 54 valence electrons. The summed E-state index contributed by atoms with van der Waals surface area (Å²) in [4.78, 5) is 0. The molecule has 0 bridgehead atoms. The van der Waals surface area contributed by atoms with Crippen molar-refractivity contribution in [2.45, 2.75) is 13.0 Å². The van der Waals surface area contributed by atoms with Gasteiger partial charge in [0.25, 0.3) is 0 Å². The molecule has 0 rings (SSSR count). The Hall–Kier alpha value is -0.350. The fraction of sp³-hybridized carbons (Fsp3) is 0.600. The number of aliphatic hydroxyl groups excluding tert-OH is 1. The number of hydrogen-bond acceptors (Lipinski definition) is 3. The highest BCUT2D eigenvalue weighted by molar-refractivity contribution is 7.94. The van der Waals surface area contributed by atoms with Gasteiger partial charge in [0.15, 0.2) is 9.84 Å². The van der Waals surface area contributed by atoms with Crippen LogP contribution in [0.4, 0.5) is 0 Å². The Balaban J connectivity index is 4.05. The van der Waals surface area contributed by atoms with Crippen molar-refractivity contribution in [2.24, 2.45) is 0 Å². The van der Waals surface area contributed by atoms with Gasteiger partial charge in [-0.25, -0.2) is 8.42 Å². The van der Waals surface area contributed by atoms with Crippen LogP contribution in [0.2, 0.25) is 0 Å². The molecule has 0 spiro atoms. The van der Waals surface area contributed by atoms with Crippen LogP contribution in [-0.2, 0) is 9.84 Å². The van der Waals surface area contributed by atoms with Crippen molar-refractivity contribution in [3.8, 4) is 0 Å². The highest BCUT2D eigenvalue weighted by atomic mass is 32.2. The third-order valence-electron chi connectivity index (χ3n) is 0.727. The van der Waals surface area contributed by atoms with Gasteiger partial charge in [0, 0.05) is 5.41 Å². The van der Waals surface area contributed by atoms with Crippen molar-refractivity contribution < 1.29 is 13.5 Å². The molecule has 0 aliphatic heterocycles. The summed E-state index contributed by atoms with van der Waals surface area (Å²) < 4.78 is 21.1. The van der Waals surface area contributed by atoms with E-state index in [-0.39, 0.29) is 5.75 Å². The second-order valence-corrected chi connectivity index (χ2v) is 3.84. The summed E-state index contributed by atoms with van der Waals surface area (Å²) >= 11 is 0. The Morgan fingerprint density at radius 2 is 2.22 bits per heavy atom. The summed E-state index contributed by atoms with van der Waals surface area (Å²) in [7, 11) is -3.20. The Morgan fingerprint density at radius 3 is 2.33 bits per heavy atom. The minimum Gasteiger partial charge on any atom is -0.392 e. The van der Waals surface area contributed by atoms with Crippen LogP contribution in [0.5, 0.6) is 0 Å². The third-order valence-corrected chi connectivity index (χ3v) is 2.18. The summed E-state index contributed by atoms with van der Waals surface area (Å²) in [6.07, 6.45) is -0.812. The van der Waals surface area contributed by atoms with E-state index in [2.05, 4.69) is 6.58 Å². The van der Waals surface area contributed by atoms with Crippen molar-refractivity contribution in [1.29, 1.82) is 0 Å². The number of sulfone groups is 1. The molecular formula is C5H10O3S. The van der Waals surface area contributed by atoms with Crippen molar-refractivity contribution >= 4 is 9.84 Å². The SMILES string of the molecule is C=CS(=O)(=O)CC(C)O. The van der Waals surface area contributed by atoms with Gasteiger partial charge < -0.3 is 5.11 Å². The average molecular weight is 150 g/mol. The minimum absolute atomic E-state index is 0.240. The minimum atomic E-state index is -3.20. The molecule has 1 N–H and O–H groups in total. The Labute approximate surface area is 54.9 Å². The smallest absolute Gasteiger partial charge is 0.173 e. The fourth-order valence-electron chi connectivity index (χ4n) is 0.404. The van der Waals surface area contributed by atoms with Gasteiger partial charge in [0.1, 0.15) is 0 Å². The molecule has 0 saturated carbocycles. The lowest BCUT2D eigenvalue weighted by Crippen LogP contribution is -2.14. The maximum absolute atomic E-state index is 10.5. The molecule has 0 aromatic heterocycles. The highest BCUT2D eigenvalue weighted by Crippen LogP contribution is 1.93. The molecular weight excluding hydrogens is 140 g/mol. The summed E-state index contributed by atoms with van der Waals surface area (Å²) in [5.41, 5.74) is 0. The number of hydrogen-bond donors (Lipinski definition) is 1. The molecule has 4 heteroatoms. The molecule has 9 heavy (non-hydrogen) atoms. The zero-order valence-corrected chi connectivity index (χ0v) is 6.06. The fourth-order valence-corrected chi connectivity index (χ4v) is 1.21. The van der Waals surface area contributed by atoms with Crippen LogP contribution in [0, 0.1) is 0 Å². The molecule has 0 heterocycles. The topological polar surface area (TPSA) is 54.4 Å². The molecule has 0 aliphatic rings. The molecule has 0 saturated heterocycles. The van der Waals surface area contributed by atoms with E-state index in [1.165, 1.54) is 6.92 Å². The van der Waals surface area contributed by atoms with Crippen LogP contribution < -0.4 is 0 Å². The molecule has 0 aromatic carbocycles. The van der Waals surface area contributed by atoms with E-state index >= 15 is 0 Å². The first-order chi connectivity index (χ1) is 3.98. The molecule has 0 aliphatic carbocycles. The van der Waals surface area contributed by atoms with Gasteiger partial charge in [-0.2, -0.15) is 0 Å². The van der Waals surface area contributed by atoms with E-state index in [0.29, 0.717) is 0 Å². The lowest BCUT2D eigenvalue weighted by atomic mass is 10.5. The van der Waals surface area contributed by atoms with Gasteiger partial charge in [-0.15, -0.1) is 0 Å². The summed E-state index contributed by atoms with van der Waals surface area (Å²) in [6.45, 7) is 4.50. The average Bonchev–Trinajstić information content (AvgIpc) is 1.63. The van der Waals surface area contributed by atoms with Gasteiger partial charge in [-0.3, -0.25) is 0 Å². The molecule has 3 nitrogen and oxygen atoms in total. The van der Waals surface area contributed by atoms with E-state index in [4.69, 9.17) is 5.11 Å². The molecule has 0 fully saturated rings. The lowest BCUT2D eigenvalue weighted by molar-refractivity contribution is 0.218. The third kappa shape index (κ3) is 4.17.